The monoisotopic (exact) mass is 986 g/mol. The van der Waals surface area contributed by atoms with Crippen LogP contribution in [0.1, 0.15) is 109 Å². The molecule has 2 aliphatic rings. The van der Waals surface area contributed by atoms with Crippen LogP contribution in [0.15, 0.2) is 48.0 Å². The number of β-amino-alcohol motifs (C(OH)–C–C–N with tert-alkyl or cyclic N) is 1. The highest BCUT2D eigenvalue weighted by molar-refractivity contribution is 7.13. The summed E-state index contributed by atoms with van der Waals surface area (Å²) in [5.74, 6) is -2.13. The number of hydrogen-bond donors (Lipinski definition) is 6. The number of carbonyl (C=O) groups is 6. The summed E-state index contributed by atoms with van der Waals surface area (Å²) in [6, 6.07) is 8.82. The second kappa shape index (κ2) is 24.5. The zero-order valence-corrected chi connectivity index (χ0v) is 41.9. The average Bonchev–Trinajstić information content (AvgIpc) is 4.03. The molecule has 2 saturated heterocycles. The fourth-order valence-electron chi connectivity index (χ4n) is 8.33. The van der Waals surface area contributed by atoms with Gasteiger partial charge in [-0.05, 0) is 80.0 Å². The third-order valence-electron chi connectivity index (χ3n) is 12.3. The van der Waals surface area contributed by atoms with Gasteiger partial charge in [0.25, 0.3) is 0 Å². The van der Waals surface area contributed by atoms with Gasteiger partial charge < -0.3 is 47.1 Å². The van der Waals surface area contributed by atoms with Crippen LogP contribution in [0.5, 0.6) is 5.75 Å². The third kappa shape index (κ3) is 14.6. The Balaban J connectivity index is 0.00000980. The van der Waals surface area contributed by atoms with Gasteiger partial charge in [0.15, 0.2) is 0 Å². The SMILES string of the molecule is Cc1ncsc1-c1ccc([C@H](C)NC(=O)[C@@H]2C[C@@H](O)CN2C(=O)[C@@H](NC(=O)CCCc2cccc(OC[C@H](CCC(N)=O)NC(=O)[C@@H]3CCCN3C(=O)[C@@H](N)C(C)C)c2Cl)C(C)(C)C)cc1.Cl. The Labute approximate surface area is 409 Å². The van der Waals surface area contributed by atoms with E-state index in [-0.39, 0.29) is 86.8 Å². The molecule has 1 aromatic heterocycles. The van der Waals surface area contributed by atoms with Crippen molar-refractivity contribution in [1.29, 1.82) is 0 Å². The number of aliphatic hydroxyl groups is 1. The number of rotatable bonds is 20. The Bertz CT molecular complexity index is 2200. The number of benzene rings is 2. The number of likely N-dealkylation sites (tertiary alicyclic amines) is 2. The first-order chi connectivity index (χ1) is 31.2. The van der Waals surface area contributed by atoms with Gasteiger partial charge in [-0.3, -0.25) is 28.8 Å². The van der Waals surface area contributed by atoms with Crippen LogP contribution < -0.4 is 32.2 Å². The van der Waals surface area contributed by atoms with E-state index < -0.39 is 53.5 Å². The lowest BCUT2D eigenvalue weighted by atomic mass is 9.85. The zero-order valence-electron chi connectivity index (χ0n) is 39.5. The number of amides is 6. The van der Waals surface area contributed by atoms with E-state index in [0.29, 0.717) is 48.6 Å². The number of aromatic nitrogens is 1. The number of nitrogens with one attached hydrogen (secondary N) is 3. The summed E-state index contributed by atoms with van der Waals surface area (Å²) in [5, 5.41) is 19.9. The number of nitrogens with two attached hydrogens (primary N) is 2. The maximum atomic E-state index is 14.2. The Morgan fingerprint density at radius 3 is 2.27 bits per heavy atom. The highest BCUT2D eigenvalue weighted by Crippen LogP contribution is 2.32. The quantitative estimate of drug-likeness (QED) is 0.0887. The predicted octanol–water partition coefficient (Wildman–Crippen LogP) is 4.99. The number of thiazole rings is 1. The summed E-state index contributed by atoms with van der Waals surface area (Å²) < 4.78 is 6.10. The van der Waals surface area contributed by atoms with E-state index >= 15 is 0 Å². The van der Waals surface area contributed by atoms with Gasteiger partial charge in [-0.25, -0.2) is 4.98 Å². The maximum absolute atomic E-state index is 14.2. The molecule has 3 aromatic rings. The number of hydrogen-bond acceptors (Lipinski definition) is 11. The van der Waals surface area contributed by atoms with Crippen molar-refractivity contribution in [3.05, 3.63) is 69.8 Å². The highest BCUT2D eigenvalue weighted by Gasteiger charge is 2.45. The van der Waals surface area contributed by atoms with Crippen LogP contribution in [0.3, 0.4) is 0 Å². The van der Waals surface area contributed by atoms with Gasteiger partial charge >= 0.3 is 0 Å². The molecule has 0 bridgehead atoms. The van der Waals surface area contributed by atoms with Crippen LogP contribution in [0.4, 0.5) is 0 Å². The molecule has 2 fully saturated rings. The molecule has 7 atom stereocenters. The van der Waals surface area contributed by atoms with Gasteiger partial charge in [0.1, 0.15) is 30.5 Å². The summed E-state index contributed by atoms with van der Waals surface area (Å²) in [4.78, 5) is 88.0. The smallest absolute Gasteiger partial charge is 0.246 e. The van der Waals surface area contributed by atoms with Gasteiger partial charge in [0, 0.05) is 32.4 Å². The van der Waals surface area contributed by atoms with Crippen molar-refractivity contribution in [2.45, 2.75) is 142 Å². The van der Waals surface area contributed by atoms with Gasteiger partial charge in [0.05, 0.1) is 45.3 Å². The van der Waals surface area contributed by atoms with Crippen LogP contribution in [-0.4, -0.2) is 111 Å². The molecule has 8 N–H and O–H groups in total. The molecule has 0 aliphatic carbocycles. The number of primary amides is 1. The molecule has 67 heavy (non-hydrogen) atoms. The molecular weight excluding hydrogens is 920 g/mol. The molecule has 6 amide bonds. The van der Waals surface area contributed by atoms with Gasteiger partial charge in [-0.1, -0.05) is 82.6 Å². The Morgan fingerprint density at radius 1 is 0.955 bits per heavy atom. The zero-order chi connectivity index (χ0) is 48.5. The fourth-order valence-corrected chi connectivity index (χ4v) is 9.42. The van der Waals surface area contributed by atoms with Crippen LogP contribution in [0.25, 0.3) is 10.4 Å². The van der Waals surface area contributed by atoms with Crippen molar-refractivity contribution >= 4 is 70.8 Å². The standard InChI is InChI=1S/C48H67ClN8O8S.ClH/c1-27(2)41(51)46(63)56-22-10-13-35(56)44(61)54-33(20-21-38(50)59)25-65-37-14-8-11-31(40(37)49)12-9-15-39(60)55-43(48(5,6)7)47(64)57-24-34(58)23-36(57)45(62)53-28(3)30-16-18-32(19-17-30)42-29(4)52-26-66-42;/h8,11,14,16-19,26-28,33-36,41,43,58H,9-10,12-13,15,20-25,51H2,1-7H3,(H2,50,59)(H,53,62)(H,54,61)(H,55,60);1H/t28-,33-,34+,35-,36-,41-,43+;/m0./s1. The Kier molecular flexibility index (Phi) is 20.0. The molecule has 0 radical (unpaired) electrons. The molecule has 19 heteroatoms. The van der Waals surface area contributed by atoms with Crippen LogP contribution >= 0.6 is 35.3 Å². The number of halogens is 2. The molecule has 0 saturated carbocycles. The first-order valence-electron chi connectivity index (χ1n) is 22.8. The molecule has 2 aliphatic heterocycles. The van der Waals surface area contributed by atoms with E-state index in [1.54, 1.807) is 29.0 Å². The average molecular weight is 988 g/mol. The topological polar surface area (TPSA) is 239 Å². The van der Waals surface area contributed by atoms with E-state index in [1.165, 1.54) is 9.80 Å². The Morgan fingerprint density at radius 2 is 1.64 bits per heavy atom. The molecule has 16 nitrogen and oxygen atoms in total. The third-order valence-corrected chi connectivity index (χ3v) is 13.7. The lowest BCUT2D eigenvalue weighted by Crippen LogP contribution is -2.57. The van der Waals surface area contributed by atoms with Gasteiger partial charge in [-0.15, -0.1) is 23.7 Å². The molecular formula is C48H68Cl2N8O8S. The first-order valence-corrected chi connectivity index (χ1v) is 24.1. The number of carbonyl (C=O) groups excluding carboxylic acids is 6. The molecule has 0 unspecified atom stereocenters. The normalized spacial score (nSPS) is 18.9. The molecule has 368 valence electrons. The molecule has 0 spiro atoms. The highest BCUT2D eigenvalue weighted by atomic mass is 35.5. The van der Waals surface area contributed by atoms with Crippen molar-refractivity contribution in [1.82, 2.24) is 30.7 Å². The molecule has 5 rings (SSSR count). The second-order valence-corrected chi connectivity index (χ2v) is 20.2. The summed E-state index contributed by atoms with van der Waals surface area (Å²) in [7, 11) is 0. The second-order valence-electron chi connectivity index (χ2n) is 18.9. The number of aryl methyl sites for hydroxylation is 2. The lowest BCUT2D eigenvalue weighted by Gasteiger charge is -2.35. The van der Waals surface area contributed by atoms with E-state index in [0.717, 1.165) is 21.7 Å². The summed E-state index contributed by atoms with van der Waals surface area (Å²) >= 11 is 8.37. The first kappa shape index (κ1) is 54.8. The minimum Gasteiger partial charge on any atom is -0.490 e. The van der Waals surface area contributed by atoms with Crippen LogP contribution in [0, 0.1) is 18.3 Å². The van der Waals surface area contributed by atoms with Crippen LogP contribution in [-0.2, 0) is 35.2 Å². The van der Waals surface area contributed by atoms with E-state index in [9.17, 15) is 33.9 Å². The van der Waals surface area contributed by atoms with Crippen molar-refractivity contribution in [3.63, 3.8) is 0 Å². The van der Waals surface area contributed by atoms with Crippen molar-refractivity contribution in [3.8, 4) is 16.2 Å². The predicted molar refractivity (Wildman–Crippen MR) is 261 cm³/mol. The van der Waals surface area contributed by atoms with Crippen molar-refractivity contribution < 1.29 is 38.6 Å². The number of aliphatic hydroxyl groups excluding tert-OH is 1. The fraction of sp³-hybridized carbons (Fsp3) is 0.562. The molecule has 2 aromatic carbocycles. The minimum atomic E-state index is -0.982. The molecule has 3 heterocycles. The summed E-state index contributed by atoms with van der Waals surface area (Å²) in [6.07, 6.45) is 1.35. The summed E-state index contributed by atoms with van der Waals surface area (Å²) in [5.41, 5.74) is 16.2. The minimum absolute atomic E-state index is 0. The maximum Gasteiger partial charge on any atom is 0.246 e. The number of ether oxygens (including phenoxy) is 1. The van der Waals surface area contributed by atoms with Crippen LogP contribution in [0.2, 0.25) is 5.02 Å². The van der Waals surface area contributed by atoms with E-state index in [2.05, 4.69) is 20.9 Å². The number of nitrogens with zero attached hydrogens (tertiary/aromatic N) is 3. The van der Waals surface area contributed by atoms with E-state index in [1.807, 2.05) is 78.8 Å². The van der Waals surface area contributed by atoms with Gasteiger partial charge in [-0.2, -0.15) is 0 Å². The van der Waals surface area contributed by atoms with Gasteiger partial charge in [0.2, 0.25) is 35.4 Å². The summed E-state index contributed by atoms with van der Waals surface area (Å²) in [6.45, 7) is 13.4. The Hall–Kier alpha value is -4.81. The van der Waals surface area contributed by atoms with E-state index in [4.69, 9.17) is 27.8 Å². The van der Waals surface area contributed by atoms with Crippen molar-refractivity contribution in [2.24, 2.45) is 22.8 Å². The largest absolute Gasteiger partial charge is 0.490 e. The van der Waals surface area contributed by atoms with Crippen molar-refractivity contribution in [2.75, 3.05) is 19.7 Å². The lowest BCUT2D eigenvalue weighted by molar-refractivity contribution is -0.144.